The van der Waals surface area contributed by atoms with E-state index >= 15 is 0 Å². The molecule has 1 saturated heterocycles. The number of aliphatic hydroxyl groups is 3. The molecule has 31 heavy (non-hydrogen) atoms. The van der Waals surface area contributed by atoms with Crippen LogP contribution in [-0.2, 0) is 25.9 Å². The Balaban J connectivity index is 1.86. The van der Waals surface area contributed by atoms with Gasteiger partial charge in [-0.25, -0.2) is 0 Å². The topological polar surface area (TPSA) is 107 Å². The summed E-state index contributed by atoms with van der Waals surface area (Å²) < 4.78 is 6.05. The van der Waals surface area contributed by atoms with Gasteiger partial charge >= 0.3 is 0 Å². The summed E-state index contributed by atoms with van der Waals surface area (Å²) >= 11 is 0. The highest BCUT2D eigenvalue weighted by Crippen LogP contribution is 2.67. The van der Waals surface area contributed by atoms with E-state index in [2.05, 4.69) is 0 Å². The summed E-state index contributed by atoms with van der Waals surface area (Å²) in [6.07, 6.45) is 1.21. The molecule has 1 spiro atoms. The molecular formula is C24H23NO6. The van der Waals surface area contributed by atoms with E-state index in [-0.39, 0.29) is 29.0 Å². The molecule has 2 atom stereocenters. The smallest absolute Gasteiger partial charge is 0.296 e. The van der Waals surface area contributed by atoms with Gasteiger partial charge in [0, 0.05) is 23.2 Å². The number of carbonyl (C=O) groups is 2. The van der Waals surface area contributed by atoms with Crippen LogP contribution in [0.5, 0.6) is 0 Å². The molecule has 2 aromatic rings. The van der Waals surface area contributed by atoms with Crippen molar-refractivity contribution >= 4 is 17.4 Å². The fraction of sp³-hybridized carbons (Fsp3) is 0.333. The maximum Gasteiger partial charge on any atom is 0.296 e. The predicted octanol–water partition coefficient (Wildman–Crippen LogP) is 1.68. The van der Waals surface area contributed by atoms with Crippen LogP contribution < -0.4 is 0 Å². The number of nitrogens with zero attached hydrogens (tertiary/aromatic N) is 1. The van der Waals surface area contributed by atoms with Crippen LogP contribution >= 0.6 is 0 Å². The van der Waals surface area contributed by atoms with Gasteiger partial charge in [-0.2, -0.15) is 0 Å². The van der Waals surface area contributed by atoms with Gasteiger partial charge in [-0.05, 0) is 13.3 Å². The number of ether oxygens (including phenoxy) is 1. The number of benzene rings is 2. The number of carbonyl (C=O) groups excluding carboxylic acids is 2. The zero-order chi connectivity index (χ0) is 22.2. The monoisotopic (exact) mass is 421 g/mol. The molecule has 160 valence electrons. The van der Waals surface area contributed by atoms with Crippen LogP contribution in [0.25, 0.3) is 5.76 Å². The molecule has 0 saturated carbocycles. The minimum absolute atomic E-state index is 0.00181. The number of fused-ring (bicyclic) bond motifs is 2. The second-order valence-corrected chi connectivity index (χ2v) is 8.38. The number of unbranched alkanes of at least 4 members (excludes halogenated alkanes) is 1. The molecule has 2 aliphatic heterocycles. The van der Waals surface area contributed by atoms with Gasteiger partial charge in [0.1, 0.15) is 5.76 Å². The van der Waals surface area contributed by atoms with Gasteiger partial charge in [0.15, 0.2) is 0 Å². The fourth-order valence-corrected chi connectivity index (χ4v) is 5.19. The van der Waals surface area contributed by atoms with Crippen LogP contribution in [0.1, 0.15) is 42.0 Å². The normalized spacial score (nSPS) is 28.0. The number of hydrogen-bond donors (Lipinski definition) is 3. The molecule has 2 heterocycles. The van der Waals surface area contributed by atoms with Crippen LogP contribution in [-0.4, -0.2) is 44.0 Å². The molecule has 1 aliphatic carbocycles. The Kier molecular flexibility index (Phi) is 4.02. The molecule has 2 aromatic carbocycles. The van der Waals surface area contributed by atoms with Crippen molar-refractivity contribution in [2.75, 3.05) is 6.54 Å². The standard InChI is InChI=1S/C24H23NO6/c1-3-4-13-25-21(27)19(26)18-20(15-11-9-14(2)10-12-15)31-24(30)17-8-6-5-7-16(17)23(28,29)22(18,24)25/h5-12,28-30H,3-4,13H2,1-2H3/t22-,24+/m1/s1. The van der Waals surface area contributed by atoms with E-state index in [1.54, 1.807) is 24.3 Å². The van der Waals surface area contributed by atoms with E-state index in [1.165, 1.54) is 12.1 Å². The average molecular weight is 421 g/mol. The molecule has 0 unspecified atom stereocenters. The van der Waals surface area contributed by atoms with Gasteiger partial charge in [-0.3, -0.25) is 9.59 Å². The SMILES string of the molecule is CCCCN1C(=O)C(=O)C2=C(c3ccc(C)cc3)O[C@@]3(O)c4ccccc4C(O)(O)[C@@]213. The van der Waals surface area contributed by atoms with Crippen molar-refractivity contribution in [2.45, 2.75) is 43.8 Å². The van der Waals surface area contributed by atoms with Crippen LogP contribution in [0.15, 0.2) is 54.1 Å². The second kappa shape index (κ2) is 6.26. The van der Waals surface area contributed by atoms with Crippen LogP contribution in [0.2, 0.25) is 0 Å². The summed E-state index contributed by atoms with van der Waals surface area (Å²) in [7, 11) is 0. The van der Waals surface area contributed by atoms with Gasteiger partial charge in [0.25, 0.3) is 17.5 Å². The molecule has 1 fully saturated rings. The van der Waals surface area contributed by atoms with Crippen molar-refractivity contribution in [3.05, 3.63) is 76.4 Å². The number of amides is 1. The quantitative estimate of drug-likeness (QED) is 0.512. The number of rotatable bonds is 4. The van der Waals surface area contributed by atoms with Crippen molar-refractivity contribution in [2.24, 2.45) is 0 Å². The van der Waals surface area contributed by atoms with Crippen LogP contribution in [0.4, 0.5) is 0 Å². The Labute approximate surface area is 179 Å². The minimum atomic E-state index is -2.74. The Morgan fingerprint density at radius 2 is 1.61 bits per heavy atom. The Bertz CT molecular complexity index is 1150. The summed E-state index contributed by atoms with van der Waals surface area (Å²) in [6.45, 7) is 3.88. The lowest BCUT2D eigenvalue weighted by molar-refractivity contribution is -0.312. The third-order valence-corrected chi connectivity index (χ3v) is 6.62. The highest BCUT2D eigenvalue weighted by atomic mass is 16.6. The summed E-state index contributed by atoms with van der Waals surface area (Å²) in [4.78, 5) is 27.5. The molecule has 7 heteroatoms. The third kappa shape index (κ3) is 2.13. The summed E-state index contributed by atoms with van der Waals surface area (Å²) in [5.74, 6) is -6.87. The number of ketones is 1. The molecule has 0 bridgehead atoms. The van der Waals surface area contributed by atoms with Crippen molar-refractivity contribution in [3.63, 3.8) is 0 Å². The molecule has 0 aromatic heterocycles. The molecule has 5 rings (SSSR count). The van der Waals surface area contributed by atoms with E-state index in [0.29, 0.717) is 18.4 Å². The molecular weight excluding hydrogens is 398 g/mol. The zero-order valence-corrected chi connectivity index (χ0v) is 17.3. The van der Waals surface area contributed by atoms with Gasteiger partial charge in [-0.15, -0.1) is 0 Å². The second-order valence-electron chi connectivity index (χ2n) is 8.38. The fourth-order valence-electron chi connectivity index (χ4n) is 5.19. The van der Waals surface area contributed by atoms with Crippen molar-refractivity contribution in [1.29, 1.82) is 0 Å². The first-order chi connectivity index (χ1) is 14.7. The molecule has 7 nitrogen and oxygen atoms in total. The van der Waals surface area contributed by atoms with Crippen LogP contribution in [0.3, 0.4) is 0 Å². The largest absolute Gasteiger partial charge is 0.454 e. The van der Waals surface area contributed by atoms with E-state index < -0.39 is 28.8 Å². The average Bonchev–Trinajstić information content (AvgIpc) is 3.22. The van der Waals surface area contributed by atoms with E-state index in [4.69, 9.17) is 4.74 Å². The maximum atomic E-state index is 13.3. The number of aryl methyl sites for hydroxylation is 1. The van der Waals surface area contributed by atoms with Gasteiger partial charge in [0.2, 0.25) is 11.3 Å². The van der Waals surface area contributed by atoms with Crippen LogP contribution in [0, 0.1) is 6.92 Å². The Hall–Kier alpha value is -3.00. The lowest BCUT2D eigenvalue weighted by atomic mass is 9.78. The van der Waals surface area contributed by atoms with Crippen molar-refractivity contribution < 1.29 is 29.6 Å². The maximum absolute atomic E-state index is 13.3. The van der Waals surface area contributed by atoms with Crippen molar-refractivity contribution in [3.8, 4) is 0 Å². The van der Waals surface area contributed by atoms with Gasteiger partial charge in [-0.1, -0.05) is 67.4 Å². The first-order valence-electron chi connectivity index (χ1n) is 10.4. The predicted molar refractivity (Wildman–Crippen MR) is 110 cm³/mol. The Morgan fingerprint density at radius 3 is 2.26 bits per heavy atom. The van der Waals surface area contributed by atoms with E-state index in [9.17, 15) is 24.9 Å². The first-order valence-corrected chi connectivity index (χ1v) is 10.4. The zero-order valence-electron chi connectivity index (χ0n) is 17.3. The lowest BCUT2D eigenvalue weighted by Gasteiger charge is -2.45. The Morgan fingerprint density at radius 1 is 0.968 bits per heavy atom. The number of hydrogen-bond acceptors (Lipinski definition) is 6. The van der Waals surface area contributed by atoms with E-state index in [0.717, 1.165) is 10.5 Å². The third-order valence-electron chi connectivity index (χ3n) is 6.62. The molecule has 1 amide bonds. The van der Waals surface area contributed by atoms with Gasteiger partial charge < -0.3 is 25.0 Å². The van der Waals surface area contributed by atoms with E-state index in [1.807, 2.05) is 26.0 Å². The summed E-state index contributed by atoms with van der Waals surface area (Å²) in [5, 5.41) is 34.9. The molecule has 3 N–H and O–H groups in total. The van der Waals surface area contributed by atoms with Gasteiger partial charge in [0.05, 0.1) is 5.57 Å². The minimum Gasteiger partial charge on any atom is -0.454 e. The highest BCUT2D eigenvalue weighted by molar-refractivity contribution is 6.48. The molecule has 3 aliphatic rings. The first kappa shape index (κ1) is 19.9. The van der Waals surface area contributed by atoms with Crippen molar-refractivity contribution in [1.82, 2.24) is 4.90 Å². The summed E-state index contributed by atoms with van der Waals surface area (Å²) in [6, 6.07) is 13.3. The number of Topliss-reactive ketones (excluding diaryl/α,β-unsaturated/α-hetero) is 1. The lowest BCUT2D eigenvalue weighted by Crippen LogP contribution is -2.66. The summed E-state index contributed by atoms with van der Waals surface area (Å²) in [5.41, 5.74) is -0.863. The molecule has 0 radical (unpaired) electrons. The highest BCUT2D eigenvalue weighted by Gasteiger charge is 2.84. The number of likely N-dealkylation sites (tertiary alicyclic amines) is 1.